The summed E-state index contributed by atoms with van der Waals surface area (Å²) in [6.45, 7) is 8.57. The van der Waals surface area contributed by atoms with Crippen molar-refractivity contribution in [3.05, 3.63) is 0 Å². The zero-order valence-corrected chi connectivity index (χ0v) is 8.75. The summed E-state index contributed by atoms with van der Waals surface area (Å²) in [7, 11) is -0.359. The van der Waals surface area contributed by atoms with Crippen molar-refractivity contribution in [1.29, 1.82) is 1.34 Å². The molecule has 0 fully saturated rings. The van der Waals surface area contributed by atoms with Crippen LogP contribution in [0.4, 0.5) is 0 Å². The van der Waals surface area contributed by atoms with Crippen molar-refractivity contribution in [2.45, 2.75) is 26.1 Å². The normalized spacial score (nSPS) is 13.8. The molecule has 0 aromatic heterocycles. The van der Waals surface area contributed by atoms with Gasteiger partial charge in [-0.3, -0.25) is 0 Å². The second kappa shape index (κ2) is 4.07. The van der Waals surface area contributed by atoms with E-state index in [2.05, 4.69) is 6.88 Å². The third-order valence-electron chi connectivity index (χ3n) is 0.450. The van der Waals surface area contributed by atoms with Crippen LogP contribution in [0.2, 0.25) is 5.31 Å². The van der Waals surface area contributed by atoms with Crippen molar-refractivity contribution in [1.82, 2.24) is 0 Å². The van der Waals surface area contributed by atoms with Gasteiger partial charge in [0, 0.05) is 0 Å². The van der Waals surface area contributed by atoms with Crippen LogP contribution in [-0.4, -0.2) is 8.78 Å². The molecule has 0 radical (unpaired) electrons. The van der Waals surface area contributed by atoms with Crippen LogP contribution < -0.4 is 21.1 Å². The minimum absolute atomic E-state index is 0.0315. The summed E-state index contributed by atoms with van der Waals surface area (Å²) >= 11 is -0.270. The SMILES string of the molecule is [2H]B(O[I-]P)C(C)(C)C. The van der Waals surface area contributed by atoms with E-state index in [0.29, 0.717) is 0 Å². The first kappa shape index (κ1) is 7.29. The van der Waals surface area contributed by atoms with Gasteiger partial charge in [0.15, 0.2) is 0 Å². The van der Waals surface area contributed by atoms with Gasteiger partial charge >= 0.3 is 65.8 Å². The van der Waals surface area contributed by atoms with E-state index in [4.69, 9.17) is 4.32 Å². The fraction of sp³-hybridized carbons (Fsp3) is 1.00. The van der Waals surface area contributed by atoms with Gasteiger partial charge < -0.3 is 0 Å². The number of hydrogen-bond donors (Lipinski definition) is 0. The summed E-state index contributed by atoms with van der Waals surface area (Å²) in [5.41, 5.74) is 0. The van der Waals surface area contributed by atoms with Crippen LogP contribution in [0.1, 0.15) is 20.8 Å². The van der Waals surface area contributed by atoms with Crippen LogP contribution in [0.15, 0.2) is 0 Å². The van der Waals surface area contributed by atoms with E-state index < -0.39 is 0 Å². The molecule has 8 heavy (non-hydrogen) atoms. The molecule has 0 aliphatic heterocycles. The van der Waals surface area contributed by atoms with Gasteiger partial charge in [0.25, 0.3) is 0 Å². The third kappa shape index (κ3) is 7.18. The average molecular weight is 246 g/mol. The molecule has 0 saturated heterocycles. The number of halogens is 1. The van der Waals surface area contributed by atoms with Gasteiger partial charge in [-0.25, -0.2) is 0 Å². The standard InChI is InChI=1S/C4H12BIOP/c1-4(2,3)5-7-6-8/h5H,8H2,1-3H3/q-1/i5D. The van der Waals surface area contributed by atoms with Gasteiger partial charge in [0.2, 0.25) is 0 Å². The zero-order chi connectivity index (χ0) is 7.49. The fourth-order valence-electron chi connectivity index (χ4n) is 0.159. The van der Waals surface area contributed by atoms with Gasteiger partial charge in [-0.2, -0.15) is 0 Å². The van der Waals surface area contributed by atoms with Crippen LogP contribution in [0, 0.1) is 0 Å². The first-order chi connectivity index (χ1) is 3.98. The Balaban J connectivity index is 3.59. The molecular formula is C4H12BIOP-. The Morgan fingerprint density at radius 2 is 2.25 bits per heavy atom. The van der Waals surface area contributed by atoms with Crippen molar-refractivity contribution in [2.75, 3.05) is 0 Å². The Morgan fingerprint density at radius 3 is 2.38 bits per heavy atom. The van der Waals surface area contributed by atoms with Crippen LogP contribution in [0.5, 0.6) is 0 Å². The van der Waals surface area contributed by atoms with Gasteiger partial charge in [0.1, 0.15) is 0 Å². The van der Waals surface area contributed by atoms with Gasteiger partial charge in [0.05, 0.1) is 0 Å². The van der Waals surface area contributed by atoms with E-state index in [1.54, 1.807) is 0 Å². The second-order valence-corrected chi connectivity index (χ2v) is 4.87. The summed E-state index contributed by atoms with van der Waals surface area (Å²) in [4.78, 5) is 0. The molecule has 0 aromatic carbocycles. The summed E-state index contributed by atoms with van der Waals surface area (Å²) in [6, 6.07) is 0. The van der Waals surface area contributed by atoms with E-state index in [1.807, 2.05) is 20.8 Å². The minimum atomic E-state index is -0.359. The van der Waals surface area contributed by atoms with E-state index in [9.17, 15) is 0 Å². The number of hydrogen-bond acceptors (Lipinski definition) is 1. The molecule has 0 aliphatic rings. The van der Waals surface area contributed by atoms with Crippen molar-refractivity contribution >= 4 is 14.3 Å². The van der Waals surface area contributed by atoms with Crippen LogP contribution >= 0.6 is 6.88 Å². The monoisotopic (exact) mass is 246 g/mol. The Morgan fingerprint density at radius 1 is 1.75 bits per heavy atom. The molecule has 0 saturated carbocycles. The van der Waals surface area contributed by atoms with Gasteiger partial charge in [-0.05, 0) is 0 Å². The molecule has 1 atom stereocenters. The van der Waals surface area contributed by atoms with E-state index in [1.165, 1.54) is 0 Å². The molecule has 0 rings (SSSR count). The van der Waals surface area contributed by atoms with Crippen LogP contribution in [0.25, 0.3) is 0 Å². The predicted octanol–water partition coefficient (Wildman–Crippen LogP) is -1.63. The Labute approximate surface area is 65.9 Å². The van der Waals surface area contributed by atoms with Crippen molar-refractivity contribution < 1.29 is 24.1 Å². The molecule has 0 heterocycles. The molecular weight excluding hydrogens is 233 g/mol. The molecule has 0 spiro atoms. The Kier molecular flexibility index (Phi) is 3.71. The zero-order valence-electron chi connectivity index (χ0n) is 6.44. The molecule has 50 valence electrons. The summed E-state index contributed by atoms with van der Waals surface area (Å²) in [5.74, 6) is 0. The van der Waals surface area contributed by atoms with Gasteiger partial charge in [-0.1, -0.05) is 0 Å². The van der Waals surface area contributed by atoms with Crippen molar-refractivity contribution in [2.24, 2.45) is 0 Å². The van der Waals surface area contributed by atoms with Gasteiger partial charge in [-0.15, -0.1) is 0 Å². The van der Waals surface area contributed by atoms with E-state index in [-0.39, 0.29) is 33.8 Å². The third-order valence-corrected chi connectivity index (χ3v) is 1.69. The maximum atomic E-state index is 7.42. The predicted molar refractivity (Wildman–Crippen MR) is 37.7 cm³/mol. The molecule has 0 aromatic rings. The molecule has 0 N–H and O–H groups in total. The Bertz CT molecular complexity index is 87.1. The molecule has 0 aliphatic carbocycles. The van der Waals surface area contributed by atoms with E-state index >= 15 is 0 Å². The summed E-state index contributed by atoms with van der Waals surface area (Å²) in [6.07, 6.45) is 0. The molecule has 0 bridgehead atoms. The maximum absolute atomic E-state index is 7.42. The van der Waals surface area contributed by atoms with Crippen molar-refractivity contribution in [3.8, 4) is 0 Å². The second-order valence-electron chi connectivity index (χ2n) is 2.66. The van der Waals surface area contributed by atoms with Crippen molar-refractivity contribution in [3.63, 3.8) is 0 Å². The first-order valence-corrected chi connectivity index (χ1v) is 7.45. The first-order valence-electron chi connectivity index (χ1n) is 2.97. The molecule has 1 nitrogen and oxygen atoms in total. The molecule has 0 amide bonds. The Hall–Kier alpha value is 1.18. The summed E-state index contributed by atoms with van der Waals surface area (Å²) in [5, 5.41) is -0.0315. The topological polar surface area (TPSA) is 9.23 Å². The average Bonchev–Trinajstić information content (AvgIpc) is 1.64. The molecule has 1 unspecified atom stereocenters. The quantitative estimate of drug-likeness (QED) is 0.323. The summed E-state index contributed by atoms with van der Waals surface area (Å²) < 4.78 is 12.6. The van der Waals surface area contributed by atoms with E-state index in [0.717, 1.165) is 0 Å². The van der Waals surface area contributed by atoms with Crippen LogP contribution in [0.3, 0.4) is 0 Å². The molecule has 4 heteroatoms. The van der Waals surface area contributed by atoms with Crippen LogP contribution in [-0.2, 0) is 2.98 Å². The number of rotatable bonds is 2. The fourth-order valence-corrected chi connectivity index (χ4v) is 1.41.